The summed E-state index contributed by atoms with van der Waals surface area (Å²) in [4.78, 5) is 23.8. The maximum atomic E-state index is 13.3. The summed E-state index contributed by atoms with van der Waals surface area (Å²) in [6, 6.07) is 11.4. The lowest BCUT2D eigenvalue weighted by molar-refractivity contribution is -0.137. The molecule has 0 spiro atoms. The average molecular weight is 442 g/mol. The van der Waals surface area contributed by atoms with Crippen LogP contribution in [0, 0.1) is 6.92 Å². The van der Waals surface area contributed by atoms with Crippen molar-refractivity contribution in [3.63, 3.8) is 0 Å². The van der Waals surface area contributed by atoms with Gasteiger partial charge in [-0.3, -0.25) is 4.79 Å². The van der Waals surface area contributed by atoms with Gasteiger partial charge in [0, 0.05) is 24.1 Å². The molecule has 3 rings (SSSR count). The van der Waals surface area contributed by atoms with Gasteiger partial charge in [-0.1, -0.05) is 17.7 Å². The Bertz CT molecular complexity index is 1290. The van der Waals surface area contributed by atoms with Gasteiger partial charge in [-0.2, -0.15) is 0 Å². The number of carbonyl (C=O) groups excluding carboxylic acids is 2. The minimum atomic E-state index is -3.92. The van der Waals surface area contributed by atoms with E-state index in [1.54, 1.807) is 30.3 Å². The lowest BCUT2D eigenvalue weighted by atomic mass is 10.1. The van der Waals surface area contributed by atoms with Crippen LogP contribution in [0.4, 0.5) is 0 Å². The van der Waals surface area contributed by atoms with Gasteiger partial charge in [-0.15, -0.1) is 0 Å². The number of aryl methyl sites for hydroxylation is 1. The standard InChI is InChI=1S/C22H22N2O6S/c1-14-5-8-18(9-6-14)31(27,28)24-13-16(11-20(22(26)30-4)23-15(2)25)19-12-17(29-3)7-10-21(19)24/h5-13H,1-4H3,(H,23,25)/b20-11-. The Hall–Kier alpha value is -3.59. The van der Waals surface area contributed by atoms with E-state index in [0.717, 1.165) is 9.54 Å². The van der Waals surface area contributed by atoms with Crippen molar-refractivity contribution in [3.05, 3.63) is 65.5 Å². The van der Waals surface area contributed by atoms with Crippen LogP contribution in [-0.4, -0.2) is 38.5 Å². The molecule has 8 nitrogen and oxygen atoms in total. The molecule has 162 valence electrons. The highest BCUT2D eigenvalue weighted by Gasteiger charge is 2.22. The van der Waals surface area contributed by atoms with Crippen LogP contribution in [0.3, 0.4) is 0 Å². The lowest BCUT2D eigenvalue weighted by Crippen LogP contribution is -2.25. The first-order valence-corrected chi connectivity index (χ1v) is 10.7. The Kier molecular flexibility index (Phi) is 6.16. The summed E-state index contributed by atoms with van der Waals surface area (Å²) in [5.74, 6) is -0.725. The predicted octanol–water partition coefficient (Wildman–Crippen LogP) is 2.85. The molecule has 1 heterocycles. The van der Waals surface area contributed by atoms with Gasteiger partial charge in [-0.25, -0.2) is 17.2 Å². The molecule has 0 atom stereocenters. The second kappa shape index (κ2) is 8.65. The van der Waals surface area contributed by atoms with Crippen molar-refractivity contribution in [1.82, 2.24) is 9.29 Å². The third kappa shape index (κ3) is 4.46. The molecule has 0 aliphatic heterocycles. The molecule has 1 amide bonds. The van der Waals surface area contributed by atoms with Gasteiger partial charge in [-0.05, 0) is 43.3 Å². The van der Waals surface area contributed by atoms with Crippen molar-refractivity contribution < 1.29 is 27.5 Å². The van der Waals surface area contributed by atoms with Crippen molar-refractivity contribution in [3.8, 4) is 5.75 Å². The highest BCUT2D eigenvalue weighted by molar-refractivity contribution is 7.90. The van der Waals surface area contributed by atoms with Crippen molar-refractivity contribution in [2.24, 2.45) is 0 Å². The fourth-order valence-corrected chi connectivity index (χ4v) is 4.45. The summed E-state index contributed by atoms with van der Waals surface area (Å²) < 4.78 is 37.8. The number of benzene rings is 2. The highest BCUT2D eigenvalue weighted by atomic mass is 32.2. The van der Waals surface area contributed by atoms with Gasteiger partial charge in [0.05, 0.1) is 24.6 Å². The smallest absolute Gasteiger partial charge is 0.354 e. The van der Waals surface area contributed by atoms with E-state index in [4.69, 9.17) is 9.47 Å². The van der Waals surface area contributed by atoms with E-state index < -0.39 is 21.9 Å². The number of ether oxygens (including phenoxy) is 2. The Morgan fingerprint density at radius 1 is 1.06 bits per heavy atom. The van der Waals surface area contributed by atoms with Crippen LogP contribution in [-0.2, 0) is 24.3 Å². The minimum Gasteiger partial charge on any atom is -0.497 e. The largest absolute Gasteiger partial charge is 0.497 e. The summed E-state index contributed by atoms with van der Waals surface area (Å²) in [7, 11) is -1.24. The van der Waals surface area contributed by atoms with Gasteiger partial charge in [0.15, 0.2) is 0 Å². The maximum Gasteiger partial charge on any atom is 0.354 e. The zero-order chi connectivity index (χ0) is 22.8. The molecule has 0 saturated heterocycles. The van der Waals surface area contributed by atoms with Crippen molar-refractivity contribution in [2.45, 2.75) is 18.7 Å². The van der Waals surface area contributed by atoms with Crippen LogP contribution in [0.1, 0.15) is 18.1 Å². The fraction of sp³-hybridized carbons (Fsp3) is 0.182. The molecule has 0 saturated carbocycles. The summed E-state index contributed by atoms with van der Waals surface area (Å²) >= 11 is 0. The SMILES string of the molecule is COC(=O)/C(=C/c1cn(S(=O)(=O)c2ccc(C)cc2)c2ccc(OC)cc12)NC(C)=O. The number of nitrogens with zero attached hydrogens (tertiary/aromatic N) is 1. The summed E-state index contributed by atoms with van der Waals surface area (Å²) in [6.07, 6.45) is 2.76. The third-order valence-corrected chi connectivity index (χ3v) is 6.29. The van der Waals surface area contributed by atoms with Crippen molar-refractivity contribution >= 4 is 38.9 Å². The van der Waals surface area contributed by atoms with Gasteiger partial charge < -0.3 is 14.8 Å². The normalized spacial score (nSPS) is 11.9. The monoisotopic (exact) mass is 442 g/mol. The molecule has 0 aliphatic rings. The second-order valence-electron chi connectivity index (χ2n) is 6.81. The number of esters is 1. The van der Waals surface area contributed by atoms with Gasteiger partial charge in [0.25, 0.3) is 10.0 Å². The third-order valence-electron chi connectivity index (χ3n) is 4.60. The number of amides is 1. The van der Waals surface area contributed by atoms with Gasteiger partial charge >= 0.3 is 5.97 Å². The summed E-state index contributed by atoms with van der Waals surface area (Å²) in [5, 5.41) is 2.93. The van der Waals surface area contributed by atoms with Crippen LogP contribution < -0.4 is 10.1 Å². The molecule has 0 unspecified atom stereocenters. The van der Waals surface area contributed by atoms with E-state index in [1.165, 1.54) is 45.5 Å². The lowest BCUT2D eigenvalue weighted by Gasteiger charge is -2.08. The number of fused-ring (bicyclic) bond motifs is 1. The topological polar surface area (TPSA) is 104 Å². The molecule has 1 N–H and O–H groups in total. The van der Waals surface area contributed by atoms with Gasteiger partial charge in [0.2, 0.25) is 5.91 Å². The highest BCUT2D eigenvalue weighted by Crippen LogP contribution is 2.30. The Balaban J connectivity index is 2.28. The van der Waals surface area contributed by atoms with Crippen LogP contribution in [0.2, 0.25) is 0 Å². The molecular weight excluding hydrogens is 420 g/mol. The number of carbonyl (C=O) groups is 2. The van der Waals surface area contributed by atoms with E-state index in [0.29, 0.717) is 22.2 Å². The first-order chi connectivity index (χ1) is 14.7. The Morgan fingerprint density at radius 2 is 1.74 bits per heavy atom. The Labute approximate surface area is 180 Å². The van der Waals surface area contributed by atoms with E-state index in [9.17, 15) is 18.0 Å². The van der Waals surface area contributed by atoms with E-state index in [1.807, 2.05) is 6.92 Å². The quantitative estimate of drug-likeness (QED) is 0.465. The van der Waals surface area contributed by atoms with E-state index in [2.05, 4.69) is 5.32 Å². The molecule has 3 aromatic rings. The van der Waals surface area contributed by atoms with Gasteiger partial charge in [0.1, 0.15) is 11.4 Å². The predicted molar refractivity (Wildman–Crippen MR) is 116 cm³/mol. The first-order valence-electron chi connectivity index (χ1n) is 9.26. The first kappa shape index (κ1) is 22.1. The molecule has 0 radical (unpaired) electrons. The van der Waals surface area contributed by atoms with Crippen molar-refractivity contribution in [1.29, 1.82) is 0 Å². The minimum absolute atomic E-state index is 0.121. The molecule has 2 aromatic carbocycles. The van der Waals surface area contributed by atoms with Crippen LogP contribution in [0.5, 0.6) is 5.75 Å². The number of rotatable bonds is 6. The molecule has 1 aromatic heterocycles. The molecule has 0 bridgehead atoms. The van der Waals surface area contributed by atoms with Crippen LogP contribution >= 0.6 is 0 Å². The fourth-order valence-electron chi connectivity index (χ4n) is 3.07. The maximum absolute atomic E-state index is 13.3. The van der Waals surface area contributed by atoms with E-state index >= 15 is 0 Å². The Morgan fingerprint density at radius 3 is 2.32 bits per heavy atom. The average Bonchev–Trinajstić information content (AvgIpc) is 3.11. The molecule has 0 fully saturated rings. The number of aromatic nitrogens is 1. The molecule has 0 aliphatic carbocycles. The summed E-state index contributed by atoms with van der Waals surface area (Å²) in [5.41, 5.74) is 1.59. The molecule has 31 heavy (non-hydrogen) atoms. The summed E-state index contributed by atoms with van der Waals surface area (Å²) in [6.45, 7) is 3.12. The van der Waals surface area contributed by atoms with E-state index in [-0.39, 0.29) is 10.6 Å². The molecular formula is C22H22N2O6S. The molecule has 9 heteroatoms. The second-order valence-corrected chi connectivity index (χ2v) is 8.63. The van der Waals surface area contributed by atoms with Crippen LogP contribution in [0.15, 0.2) is 59.3 Å². The number of hydrogen-bond donors (Lipinski definition) is 1. The number of nitrogens with one attached hydrogen (secondary N) is 1. The number of hydrogen-bond acceptors (Lipinski definition) is 6. The zero-order valence-corrected chi connectivity index (χ0v) is 18.3. The van der Waals surface area contributed by atoms with Crippen LogP contribution in [0.25, 0.3) is 17.0 Å². The number of methoxy groups -OCH3 is 2. The zero-order valence-electron chi connectivity index (χ0n) is 17.5. The van der Waals surface area contributed by atoms with Crippen molar-refractivity contribution in [2.75, 3.05) is 14.2 Å².